The first-order valence-corrected chi connectivity index (χ1v) is 8.73. The average molecular weight is 379 g/mol. The number of rotatable bonds is 4. The van der Waals surface area contributed by atoms with Gasteiger partial charge in [0.25, 0.3) is 0 Å². The molecule has 1 aromatic carbocycles. The van der Waals surface area contributed by atoms with E-state index in [4.69, 9.17) is 21.1 Å². The summed E-state index contributed by atoms with van der Waals surface area (Å²) < 4.78 is 12.9. The maximum atomic E-state index is 12.3. The lowest BCUT2D eigenvalue weighted by molar-refractivity contribution is -0.166. The fraction of sp³-hybridized carbons (Fsp3) is 0.412. The highest BCUT2D eigenvalue weighted by Gasteiger charge is 2.51. The Morgan fingerprint density at radius 3 is 2.92 bits per heavy atom. The van der Waals surface area contributed by atoms with Gasteiger partial charge in [-0.15, -0.1) is 0 Å². The third-order valence-electron chi connectivity index (χ3n) is 4.60. The number of nitrogens with zero attached hydrogens (tertiary/aromatic N) is 2. The van der Waals surface area contributed by atoms with E-state index in [1.165, 1.54) is 10.9 Å². The van der Waals surface area contributed by atoms with Crippen molar-refractivity contribution >= 4 is 17.6 Å². The minimum Gasteiger partial charge on any atom is -0.388 e. The average Bonchev–Trinajstić information content (AvgIpc) is 3.26. The third kappa shape index (κ3) is 3.41. The molecule has 0 unspecified atom stereocenters. The van der Waals surface area contributed by atoms with Crippen molar-refractivity contribution in [3.63, 3.8) is 0 Å². The summed E-state index contributed by atoms with van der Waals surface area (Å²) in [5, 5.41) is 21.0. The van der Waals surface area contributed by atoms with Crippen LogP contribution in [0.3, 0.4) is 0 Å². The van der Waals surface area contributed by atoms with Crippen molar-refractivity contribution in [1.82, 2.24) is 20.4 Å². The van der Waals surface area contributed by atoms with Gasteiger partial charge in [-0.1, -0.05) is 41.9 Å². The number of amides is 2. The number of nitrogens with one attached hydrogen (secondary N) is 2. The molecule has 4 rings (SSSR count). The number of hydrogen-bond donors (Lipinski definition) is 3. The second kappa shape index (κ2) is 7.24. The van der Waals surface area contributed by atoms with Gasteiger partial charge in [-0.3, -0.25) is 4.68 Å². The van der Waals surface area contributed by atoms with Crippen LogP contribution in [-0.4, -0.2) is 52.1 Å². The minimum atomic E-state index is -0.931. The predicted octanol–water partition coefficient (Wildman–Crippen LogP) is 1.06. The number of fused-ring (bicyclic) bond motifs is 2. The maximum Gasteiger partial charge on any atom is 0.315 e. The Balaban J connectivity index is 1.43. The van der Waals surface area contributed by atoms with E-state index in [9.17, 15) is 9.90 Å². The fourth-order valence-electron chi connectivity index (χ4n) is 3.32. The number of aromatic nitrogens is 2. The first kappa shape index (κ1) is 17.3. The molecule has 2 aliphatic heterocycles. The highest BCUT2D eigenvalue weighted by molar-refractivity contribution is 6.30. The Morgan fingerprint density at radius 2 is 2.19 bits per heavy atom. The molecule has 1 aromatic heterocycles. The van der Waals surface area contributed by atoms with E-state index in [1.54, 1.807) is 6.20 Å². The van der Waals surface area contributed by atoms with Crippen LogP contribution in [0.1, 0.15) is 11.6 Å². The van der Waals surface area contributed by atoms with E-state index in [0.717, 1.165) is 5.56 Å². The number of hydrogen-bond acceptors (Lipinski definition) is 5. The lowest BCUT2D eigenvalue weighted by atomic mass is 9.96. The van der Waals surface area contributed by atoms with Crippen LogP contribution < -0.4 is 10.6 Å². The molecule has 2 aromatic rings. The molecule has 3 N–H and O–H groups in total. The summed E-state index contributed by atoms with van der Waals surface area (Å²) in [6, 6.07) is 7.96. The van der Waals surface area contributed by atoms with E-state index in [2.05, 4.69) is 15.7 Å². The molecule has 0 radical (unpaired) electrons. The van der Waals surface area contributed by atoms with Crippen LogP contribution >= 0.6 is 11.6 Å². The molecule has 2 bridgehead atoms. The third-order valence-corrected chi connectivity index (χ3v) is 4.80. The van der Waals surface area contributed by atoms with Crippen molar-refractivity contribution in [2.45, 2.75) is 37.1 Å². The molecule has 138 valence electrons. The quantitative estimate of drug-likeness (QED) is 0.739. The number of carbonyl (C=O) groups is 1. The summed E-state index contributed by atoms with van der Waals surface area (Å²) in [5.41, 5.74) is 0.983. The molecule has 26 heavy (non-hydrogen) atoms. The SMILES string of the molecule is O=C(NCc1ccccc1)N[C@H]1[C@H](O)[C@@H](n2cc(Cl)cn2)[C@@H]2OC[C@H]1O2. The molecule has 5 atom stereocenters. The molecule has 8 nitrogen and oxygen atoms in total. The Morgan fingerprint density at radius 1 is 1.38 bits per heavy atom. The lowest BCUT2D eigenvalue weighted by Crippen LogP contribution is -2.60. The molecule has 3 heterocycles. The second-order valence-electron chi connectivity index (χ2n) is 6.33. The van der Waals surface area contributed by atoms with Crippen LogP contribution in [0.15, 0.2) is 42.7 Å². The van der Waals surface area contributed by atoms with Gasteiger partial charge in [-0.2, -0.15) is 5.10 Å². The molecule has 0 aliphatic carbocycles. The summed E-state index contributed by atoms with van der Waals surface area (Å²) in [5.74, 6) is 0. The summed E-state index contributed by atoms with van der Waals surface area (Å²) in [6.45, 7) is 0.676. The maximum absolute atomic E-state index is 12.3. The van der Waals surface area contributed by atoms with E-state index in [1.807, 2.05) is 30.3 Å². The molecular formula is C17H19ClN4O4. The standard InChI is InChI=1S/C17H19ClN4O4/c18-11-7-20-22(8-11)14-15(23)13(12-9-25-16(14)26-12)21-17(24)19-6-10-4-2-1-3-5-10/h1-5,7-8,12-16,23H,6,9H2,(H2,19,21,24)/t12-,13-,14-,15+,16-/m1/s1. The van der Waals surface area contributed by atoms with Gasteiger partial charge in [-0.25, -0.2) is 4.79 Å². The largest absolute Gasteiger partial charge is 0.388 e. The van der Waals surface area contributed by atoms with Gasteiger partial charge >= 0.3 is 6.03 Å². The Bertz CT molecular complexity index is 771. The smallest absolute Gasteiger partial charge is 0.315 e. The zero-order chi connectivity index (χ0) is 18.1. The van der Waals surface area contributed by atoms with E-state index < -0.39 is 30.6 Å². The Hall–Kier alpha value is -2.13. The number of carbonyl (C=O) groups excluding carboxylic acids is 1. The molecule has 2 aliphatic rings. The first-order valence-electron chi connectivity index (χ1n) is 8.35. The fourth-order valence-corrected chi connectivity index (χ4v) is 3.46. The number of benzene rings is 1. The van der Waals surface area contributed by atoms with Crippen molar-refractivity contribution in [3.8, 4) is 0 Å². The number of ether oxygens (including phenoxy) is 2. The van der Waals surface area contributed by atoms with Gasteiger partial charge in [0.05, 0.1) is 23.9 Å². The predicted molar refractivity (Wildman–Crippen MR) is 92.5 cm³/mol. The topological polar surface area (TPSA) is 97.6 Å². The van der Waals surface area contributed by atoms with Crippen LogP contribution in [0.5, 0.6) is 0 Å². The summed E-state index contributed by atoms with van der Waals surface area (Å²) in [6.07, 6.45) is 1.09. The normalized spacial score (nSPS) is 30.2. The van der Waals surface area contributed by atoms with Crippen LogP contribution in [0, 0.1) is 0 Å². The minimum absolute atomic E-state index is 0.289. The number of aliphatic hydroxyl groups excluding tert-OH is 1. The summed E-state index contributed by atoms with van der Waals surface area (Å²) in [7, 11) is 0. The van der Waals surface area contributed by atoms with Crippen LogP contribution in [0.2, 0.25) is 5.02 Å². The number of urea groups is 1. The summed E-state index contributed by atoms with van der Waals surface area (Å²) in [4.78, 5) is 12.3. The van der Waals surface area contributed by atoms with Crippen LogP contribution in [0.4, 0.5) is 4.79 Å². The van der Waals surface area contributed by atoms with Crippen molar-refractivity contribution in [2.24, 2.45) is 0 Å². The lowest BCUT2D eigenvalue weighted by Gasteiger charge is -2.38. The molecule has 2 saturated heterocycles. The van der Waals surface area contributed by atoms with Crippen LogP contribution in [0.25, 0.3) is 0 Å². The Kier molecular flexibility index (Phi) is 4.82. The molecule has 2 fully saturated rings. The van der Waals surface area contributed by atoms with Gasteiger partial charge in [0.15, 0.2) is 6.29 Å². The van der Waals surface area contributed by atoms with Gasteiger partial charge in [0, 0.05) is 12.7 Å². The van der Waals surface area contributed by atoms with Crippen molar-refractivity contribution in [2.75, 3.05) is 6.61 Å². The number of aliphatic hydroxyl groups is 1. The van der Waals surface area contributed by atoms with E-state index in [-0.39, 0.29) is 12.6 Å². The molecule has 2 amide bonds. The highest BCUT2D eigenvalue weighted by Crippen LogP contribution is 2.35. The first-order chi connectivity index (χ1) is 12.6. The van der Waals surface area contributed by atoms with Crippen LogP contribution in [-0.2, 0) is 16.0 Å². The Labute approximate surface area is 155 Å². The van der Waals surface area contributed by atoms with Gasteiger partial charge < -0.3 is 25.2 Å². The molecular weight excluding hydrogens is 360 g/mol. The summed E-state index contributed by atoms with van der Waals surface area (Å²) >= 11 is 5.92. The molecule has 9 heteroatoms. The zero-order valence-electron chi connectivity index (χ0n) is 13.8. The zero-order valence-corrected chi connectivity index (χ0v) is 14.5. The van der Waals surface area contributed by atoms with Crippen molar-refractivity contribution in [1.29, 1.82) is 0 Å². The second-order valence-corrected chi connectivity index (χ2v) is 6.77. The van der Waals surface area contributed by atoms with E-state index in [0.29, 0.717) is 11.6 Å². The molecule has 0 saturated carbocycles. The van der Waals surface area contributed by atoms with E-state index >= 15 is 0 Å². The molecule has 0 spiro atoms. The van der Waals surface area contributed by atoms with Gasteiger partial charge in [0.2, 0.25) is 0 Å². The number of halogens is 1. The monoisotopic (exact) mass is 378 g/mol. The van der Waals surface area contributed by atoms with Crippen molar-refractivity contribution in [3.05, 3.63) is 53.3 Å². The van der Waals surface area contributed by atoms with Gasteiger partial charge in [0.1, 0.15) is 18.2 Å². The highest BCUT2D eigenvalue weighted by atomic mass is 35.5. The van der Waals surface area contributed by atoms with Gasteiger partial charge in [-0.05, 0) is 5.56 Å². The van der Waals surface area contributed by atoms with Crippen molar-refractivity contribution < 1.29 is 19.4 Å².